The Balaban J connectivity index is 1.48. The summed E-state index contributed by atoms with van der Waals surface area (Å²) in [5, 5.41) is 11.7. The molecule has 1 aromatic heterocycles. The molecule has 1 N–H and O–H groups in total. The summed E-state index contributed by atoms with van der Waals surface area (Å²) in [5.74, 6) is 1.79. The van der Waals surface area contributed by atoms with E-state index in [0.717, 1.165) is 24.3 Å². The summed E-state index contributed by atoms with van der Waals surface area (Å²) in [7, 11) is 2.00. The van der Waals surface area contributed by atoms with Crippen LogP contribution in [-0.4, -0.2) is 44.8 Å². The Morgan fingerprint density at radius 3 is 2.85 bits per heavy atom. The monoisotopic (exact) mass is 277 g/mol. The molecule has 1 saturated heterocycles. The number of hydrogen-bond acceptors (Lipinski definition) is 4. The van der Waals surface area contributed by atoms with Gasteiger partial charge in [-0.1, -0.05) is 6.42 Å². The molecule has 2 heterocycles. The molecule has 1 aromatic rings. The van der Waals surface area contributed by atoms with E-state index in [9.17, 15) is 0 Å². The summed E-state index contributed by atoms with van der Waals surface area (Å²) in [4.78, 5) is 2.73. The highest BCUT2D eigenvalue weighted by Crippen LogP contribution is 2.30. The van der Waals surface area contributed by atoms with Crippen molar-refractivity contribution >= 4 is 0 Å². The molecule has 112 valence electrons. The van der Waals surface area contributed by atoms with Gasteiger partial charge in [0.1, 0.15) is 12.2 Å². The molecule has 1 saturated carbocycles. The highest BCUT2D eigenvalue weighted by molar-refractivity contribution is 4.89. The van der Waals surface area contributed by atoms with Crippen LogP contribution in [0.1, 0.15) is 44.9 Å². The molecule has 2 fully saturated rings. The second kappa shape index (κ2) is 6.22. The van der Waals surface area contributed by atoms with Gasteiger partial charge in [0.2, 0.25) is 0 Å². The van der Waals surface area contributed by atoms with Gasteiger partial charge in [0.15, 0.2) is 0 Å². The van der Waals surface area contributed by atoms with E-state index in [0.29, 0.717) is 6.04 Å². The summed E-state index contributed by atoms with van der Waals surface area (Å²) in [6.07, 6.45) is 8.76. The molecule has 5 nitrogen and oxygen atoms in total. The van der Waals surface area contributed by atoms with Crippen LogP contribution in [0.15, 0.2) is 6.33 Å². The number of hydrogen-bond donors (Lipinski definition) is 1. The van der Waals surface area contributed by atoms with E-state index >= 15 is 0 Å². The first-order valence-electron chi connectivity index (χ1n) is 8.04. The second-order valence-corrected chi connectivity index (χ2v) is 6.51. The summed E-state index contributed by atoms with van der Waals surface area (Å²) in [6, 6.07) is 1.44. The van der Waals surface area contributed by atoms with E-state index in [-0.39, 0.29) is 0 Å². The second-order valence-electron chi connectivity index (χ2n) is 6.51. The van der Waals surface area contributed by atoms with Gasteiger partial charge < -0.3 is 14.8 Å². The predicted octanol–water partition coefficient (Wildman–Crippen LogP) is 1.56. The maximum Gasteiger partial charge on any atom is 0.146 e. The van der Waals surface area contributed by atoms with Gasteiger partial charge >= 0.3 is 0 Å². The maximum atomic E-state index is 4.14. The van der Waals surface area contributed by atoms with Gasteiger partial charge in [-0.25, -0.2) is 0 Å². The lowest BCUT2D eigenvalue weighted by Crippen LogP contribution is -2.50. The van der Waals surface area contributed by atoms with Crippen molar-refractivity contribution in [3.63, 3.8) is 0 Å². The molecule has 3 rings (SSSR count). The van der Waals surface area contributed by atoms with Crippen LogP contribution in [0.5, 0.6) is 0 Å². The minimum atomic E-state index is 0.551. The van der Waals surface area contributed by atoms with Crippen molar-refractivity contribution in [2.24, 2.45) is 13.0 Å². The van der Waals surface area contributed by atoms with Crippen LogP contribution < -0.4 is 5.32 Å². The largest absolute Gasteiger partial charge is 0.320 e. The van der Waals surface area contributed by atoms with Gasteiger partial charge in [-0.05, 0) is 45.1 Å². The lowest BCUT2D eigenvalue weighted by molar-refractivity contribution is 0.0664. The van der Waals surface area contributed by atoms with E-state index in [4.69, 9.17) is 0 Å². The highest BCUT2D eigenvalue weighted by Gasteiger charge is 2.31. The van der Waals surface area contributed by atoms with E-state index in [1.54, 1.807) is 6.33 Å². The zero-order chi connectivity index (χ0) is 13.9. The van der Waals surface area contributed by atoms with Gasteiger partial charge in [0.25, 0.3) is 0 Å². The zero-order valence-electron chi connectivity index (χ0n) is 12.8. The first kappa shape index (κ1) is 14.0. The molecule has 0 unspecified atom stereocenters. The topological polar surface area (TPSA) is 46.0 Å². The van der Waals surface area contributed by atoms with E-state index < -0.39 is 0 Å². The van der Waals surface area contributed by atoms with Crippen molar-refractivity contribution in [2.75, 3.05) is 13.1 Å². The fourth-order valence-electron chi connectivity index (χ4n) is 3.42. The standard InChI is InChI=1S/C15H27N5/c1-12(16-9-15-18-17-11-19(15)2)13-5-4-8-20(10-13)14-6-3-7-14/h11-14,16H,3-10H2,1-2H3/t12-,13-/m0/s1. The third-order valence-electron chi connectivity index (χ3n) is 5.17. The van der Waals surface area contributed by atoms with Crippen LogP contribution >= 0.6 is 0 Å². The number of rotatable bonds is 5. The van der Waals surface area contributed by atoms with E-state index in [1.807, 2.05) is 11.6 Å². The van der Waals surface area contributed by atoms with Crippen LogP contribution in [0.2, 0.25) is 0 Å². The smallest absolute Gasteiger partial charge is 0.146 e. The van der Waals surface area contributed by atoms with Crippen LogP contribution in [0.4, 0.5) is 0 Å². The van der Waals surface area contributed by atoms with Crippen molar-refractivity contribution in [2.45, 2.75) is 57.7 Å². The highest BCUT2D eigenvalue weighted by atomic mass is 15.3. The number of nitrogens with zero attached hydrogens (tertiary/aromatic N) is 4. The Labute approximate surface area is 121 Å². The Kier molecular flexibility index (Phi) is 4.36. The summed E-state index contributed by atoms with van der Waals surface area (Å²) >= 11 is 0. The number of likely N-dealkylation sites (tertiary alicyclic amines) is 1. The minimum absolute atomic E-state index is 0.551. The maximum absolute atomic E-state index is 4.14. The molecule has 20 heavy (non-hydrogen) atoms. The SMILES string of the molecule is C[C@H](NCc1nncn1C)[C@H]1CCCN(C2CCC2)C1. The van der Waals surface area contributed by atoms with Gasteiger partial charge in [-0.3, -0.25) is 0 Å². The number of nitrogens with one attached hydrogen (secondary N) is 1. The molecule has 1 aliphatic heterocycles. The van der Waals surface area contributed by atoms with Gasteiger partial charge in [-0.15, -0.1) is 10.2 Å². The Morgan fingerprint density at radius 1 is 1.35 bits per heavy atom. The van der Waals surface area contributed by atoms with Crippen LogP contribution in [-0.2, 0) is 13.6 Å². The molecule has 0 amide bonds. The molecule has 0 aromatic carbocycles. The molecule has 5 heteroatoms. The van der Waals surface area contributed by atoms with Crippen molar-refractivity contribution in [3.05, 3.63) is 12.2 Å². The van der Waals surface area contributed by atoms with Crippen molar-refractivity contribution in [1.29, 1.82) is 0 Å². The van der Waals surface area contributed by atoms with Gasteiger partial charge in [0.05, 0.1) is 6.54 Å². The first-order valence-corrected chi connectivity index (χ1v) is 8.04. The fraction of sp³-hybridized carbons (Fsp3) is 0.867. The molecule has 0 radical (unpaired) electrons. The molecule has 0 spiro atoms. The quantitative estimate of drug-likeness (QED) is 0.887. The summed E-state index contributed by atoms with van der Waals surface area (Å²) in [5.41, 5.74) is 0. The Bertz CT molecular complexity index is 426. The minimum Gasteiger partial charge on any atom is -0.320 e. The molecule has 0 bridgehead atoms. The average molecular weight is 277 g/mol. The third kappa shape index (κ3) is 3.04. The van der Waals surface area contributed by atoms with Crippen molar-refractivity contribution < 1.29 is 0 Å². The normalized spacial score (nSPS) is 26.4. The molecular weight excluding hydrogens is 250 g/mol. The van der Waals surface area contributed by atoms with E-state index in [1.165, 1.54) is 45.2 Å². The average Bonchev–Trinajstić information content (AvgIpc) is 2.80. The summed E-state index contributed by atoms with van der Waals surface area (Å²) in [6.45, 7) is 5.73. The predicted molar refractivity (Wildman–Crippen MR) is 79.2 cm³/mol. The van der Waals surface area contributed by atoms with Crippen molar-refractivity contribution in [1.82, 2.24) is 25.0 Å². The number of aryl methyl sites for hydroxylation is 1. The molecule has 2 atom stereocenters. The van der Waals surface area contributed by atoms with E-state index in [2.05, 4.69) is 27.3 Å². The van der Waals surface area contributed by atoms with Crippen LogP contribution in [0.25, 0.3) is 0 Å². The number of aromatic nitrogens is 3. The fourth-order valence-corrected chi connectivity index (χ4v) is 3.42. The lowest BCUT2D eigenvalue weighted by Gasteiger charge is -2.44. The third-order valence-corrected chi connectivity index (χ3v) is 5.17. The number of piperidine rings is 1. The molecule has 2 aliphatic rings. The van der Waals surface area contributed by atoms with Crippen LogP contribution in [0.3, 0.4) is 0 Å². The summed E-state index contributed by atoms with van der Waals surface area (Å²) < 4.78 is 1.99. The Hall–Kier alpha value is -0.940. The first-order chi connectivity index (χ1) is 9.74. The Morgan fingerprint density at radius 2 is 2.20 bits per heavy atom. The zero-order valence-corrected chi connectivity index (χ0v) is 12.8. The molecular formula is C15H27N5. The van der Waals surface area contributed by atoms with Crippen molar-refractivity contribution in [3.8, 4) is 0 Å². The van der Waals surface area contributed by atoms with Gasteiger partial charge in [0, 0.05) is 25.7 Å². The molecule has 1 aliphatic carbocycles. The van der Waals surface area contributed by atoms with Gasteiger partial charge in [-0.2, -0.15) is 0 Å². The van der Waals surface area contributed by atoms with Crippen LogP contribution in [0, 0.1) is 5.92 Å². The lowest BCUT2D eigenvalue weighted by atomic mass is 9.85.